The highest BCUT2D eigenvalue weighted by atomic mass is 32.2. The zero-order valence-corrected chi connectivity index (χ0v) is 13.3. The molecule has 1 N–H and O–H groups in total. The van der Waals surface area contributed by atoms with Crippen molar-refractivity contribution in [3.63, 3.8) is 0 Å². The molecule has 1 aliphatic carbocycles. The minimum absolute atomic E-state index is 0.123. The lowest BCUT2D eigenvalue weighted by Crippen LogP contribution is -2.33. The van der Waals surface area contributed by atoms with Crippen molar-refractivity contribution < 1.29 is 13.2 Å². The number of carbonyl (C=O) groups excluding carboxylic acids is 1. The van der Waals surface area contributed by atoms with Gasteiger partial charge in [-0.3, -0.25) is 9.52 Å². The number of nitrogens with zero attached hydrogens (tertiary/aromatic N) is 1. The average Bonchev–Trinajstić information content (AvgIpc) is 2.46. The van der Waals surface area contributed by atoms with E-state index in [-0.39, 0.29) is 11.8 Å². The van der Waals surface area contributed by atoms with E-state index in [9.17, 15) is 13.2 Å². The monoisotopic (exact) mass is 310 g/mol. The fraction of sp³-hybridized carbons (Fsp3) is 0.533. The normalized spacial score (nSPS) is 16.5. The molecule has 0 bridgehead atoms. The Hall–Kier alpha value is -1.56. The third kappa shape index (κ3) is 4.46. The van der Waals surface area contributed by atoms with Crippen molar-refractivity contribution in [3.8, 4) is 0 Å². The zero-order valence-electron chi connectivity index (χ0n) is 12.5. The van der Waals surface area contributed by atoms with Crippen LogP contribution in [0.25, 0.3) is 0 Å². The predicted octanol–water partition coefficient (Wildman–Crippen LogP) is 2.60. The van der Waals surface area contributed by atoms with Crippen molar-refractivity contribution in [2.75, 3.05) is 22.9 Å². The molecule has 1 aromatic carbocycles. The van der Waals surface area contributed by atoms with Gasteiger partial charge in [0.25, 0.3) is 0 Å². The second kappa shape index (κ2) is 6.47. The Balaban J connectivity index is 2.05. The summed E-state index contributed by atoms with van der Waals surface area (Å²) in [5.41, 5.74) is 1.28. The largest absolute Gasteiger partial charge is 0.315 e. The molecule has 0 aliphatic heterocycles. The summed E-state index contributed by atoms with van der Waals surface area (Å²) in [4.78, 5) is 14.1. The molecule has 21 heavy (non-hydrogen) atoms. The molecule has 0 radical (unpaired) electrons. The molecule has 1 aliphatic rings. The van der Waals surface area contributed by atoms with Crippen LogP contribution in [0, 0.1) is 5.92 Å². The van der Waals surface area contributed by atoms with E-state index in [0.29, 0.717) is 5.69 Å². The summed E-state index contributed by atoms with van der Waals surface area (Å²) in [5, 5.41) is 0. The lowest BCUT2D eigenvalue weighted by atomic mass is 9.88. The van der Waals surface area contributed by atoms with Crippen molar-refractivity contribution in [2.24, 2.45) is 5.92 Å². The molecule has 1 fully saturated rings. The highest BCUT2D eigenvalue weighted by molar-refractivity contribution is 7.92. The number of sulfonamides is 1. The van der Waals surface area contributed by atoms with Gasteiger partial charge < -0.3 is 4.90 Å². The molecule has 1 aromatic rings. The molecule has 6 heteroatoms. The van der Waals surface area contributed by atoms with E-state index in [1.54, 1.807) is 36.2 Å². The van der Waals surface area contributed by atoms with Gasteiger partial charge in [0.2, 0.25) is 15.9 Å². The van der Waals surface area contributed by atoms with Gasteiger partial charge >= 0.3 is 0 Å². The standard InChI is InChI=1S/C15H22N2O3S/c1-17(15(18)12-6-4-3-5-7-12)14-10-8-13(9-11-14)16-21(2,19)20/h8-12,16H,3-7H2,1-2H3. The second-order valence-corrected chi connectivity index (χ2v) is 7.40. The number of rotatable bonds is 4. The summed E-state index contributed by atoms with van der Waals surface area (Å²) in [5.74, 6) is 0.274. The maximum absolute atomic E-state index is 12.4. The SMILES string of the molecule is CN(C(=O)C1CCCCC1)c1ccc(NS(C)(=O)=O)cc1. The van der Waals surface area contributed by atoms with Crippen LogP contribution in [-0.2, 0) is 14.8 Å². The predicted molar refractivity (Wildman–Crippen MR) is 84.9 cm³/mol. The molecule has 2 rings (SSSR count). The van der Waals surface area contributed by atoms with E-state index in [4.69, 9.17) is 0 Å². The first-order chi connectivity index (χ1) is 9.87. The molecule has 1 saturated carbocycles. The number of amides is 1. The number of anilines is 2. The van der Waals surface area contributed by atoms with Crippen LogP contribution in [0.3, 0.4) is 0 Å². The van der Waals surface area contributed by atoms with E-state index in [1.165, 1.54) is 6.42 Å². The molecule has 0 spiro atoms. The van der Waals surface area contributed by atoms with Crippen LogP contribution >= 0.6 is 0 Å². The van der Waals surface area contributed by atoms with Gasteiger partial charge in [0.15, 0.2) is 0 Å². The number of nitrogens with one attached hydrogen (secondary N) is 1. The van der Waals surface area contributed by atoms with Crippen molar-refractivity contribution >= 4 is 27.3 Å². The lowest BCUT2D eigenvalue weighted by molar-refractivity contribution is -0.123. The Bertz CT molecular complexity index is 590. The van der Waals surface area contributed by atoms with E-state index in [1.807, 2.05) is 0 Å². The van der Waals surface area contributed by atoms with Gasteiger partial charge in [-0.25, -0.2) is 8.42 Å². The van der Waals surface area contributed by atoms with Crippen LogP contribution < -0.4 is 9.62 Å². The molecule has 0 saturated heterocycles. The average molecular weight is 310 g/mol. The Morgan fingerprint density at radius 2 is 1.71 bits per heavy atom. The van der Waals surface area contributed by atoms with Gasteiger partial charge in [0, 0.05) is 24.3 Å². The van der Waals surface area contributed by atoms with E-state index < -0.39 is 10.0 Å². The van der Waals surface area contributed by atoms with Crippen LogP contribution in [-0.4, -0.2) is 27.6 Å². The highest BCUT2D eigenvalue weighted by Crippen LogP contribution is 2.27. The Kier molecular flexibility index (Phi) is 4.88. The Labute approximate surface area is 126 Å². The van der Waals surface area contributed by atoms with Gasteiger partial charge in [0.1, 0.15) is 0 Å². The Morgan fingerprint density at radius 1 is 1.14 bits per heavy atom. The summed E-state index contributed by atoms with van der Waals surface area (Å²) < 4.78 is 24.7. The minimum Gasteiger partial charge on any atom is -0.315 e. The first-order valence-corrected chi connectivity index (χ1v) is 9.11. The Morgan fingerprint density at radius 3 is 2.24 bits per heavy atom. The summed E-state index contributed by atoms with van der Waals surface area (Å²) in [7, 11) is -1.50. The maximum atomic E-state index is 12.4. The van der Waals surface area contributed by atoms with Crippen LogP contribution in [0.1, 0.15) is 32.1 Å². The van der Waals surface area contributed by atoms with Crippen LogP contribution in [0.2, 0.25) is 0 Å². The molecule has 0 unspecified atom stereocenters. The number of benzene rings is 1. The molecule has 116 valence electrons. The molecule has 1 amide bonds. The van der Waals surface area contributed by atoms with E-state index in [0.717, 1.165) is 37.6 Å². The van der Waals surface area contributed by atoms with Crippen molar-refractivity contribution in [3.05, 3.63) is 24.3 Å². The first-order valence-electron chi connectivity index (χ1n) is 7.22. The fourth-order valence-electron chi connectivity index (χ4n) is 2.72. The third-order valence-corrected chi connectivity index (χ3v) is 4.45. The van der Waals surface area contributed by atoms with Crippen molar-refractivity contribution in [2.45, 2.75) is 32.1 Å². The first kappa shape index (κ1) is 15.8. The molecule has 0 aromatic heterocycles. The fourth-order valence-corrected chi connectivity index (χ4v) is 3.28. The van der Waals surface area contributed by atoms with Gasteiger partial charge in [-0.1, -0.05) is 19.3 Å². The van der Waals surface area contributed by atoms with Crippen LogP contribution in [0.4, 0.5) is 11.4 Å². The molecular formula is C15H22N2O3S. The second-order valence-electron chi connectivity index (χ2n) is 5.65. The van der Waals surface area contributed by atoms with Gasteiger partial charge in [-0.05, 0) is 37.1 Å². The van der Waals surface area contributed by atoms with E-state index >= 15 is 0 Å². The number of hydrogen-bond donors (Lipinski definition) is 1. The maximum Gasteiger partial charge on any atom is 0.229 e. The molecular weight excluding hydrogens is 288 g/mol. The van der Waals surface area contributed by atoms with Gasteiger partial charge in [-0.2, -0.15) is 0 Å². The summed E-state index contributed by atoms with van der Waals surface area (Å²) in [6, 6.07) is 6.85. The third-order valence-electron chi connectivity index (χ3n) is 3.84. The van der Waals surface area contributed by atoms with Gasteiger partial charge in [-0.15, -0.1) is 0 Å². The van der Waals surface area contributed by atoms with Crippen molar-refractivity contribution in [1.82, 2.24) is 0 Å². The molecule has 5 nitrogen and oxygen atoms in total. The quantitative estimate of drug-likeness (QED) is 0.929. The summed E-state index contributed by atoms with van der Waals surface area (Å²) in [6.45, 7) is 0. The summed E-state index contributed by atoms with van der Waals surface area (Å²) in [6.07, 6.45) is 6.52. The molecule has 0 heterocycles. The lowest BCUT2D eigenvalue weighted by Gasteiger charge is -2.26. The minimum atomic E-state index is -3.27. The van der Waals surface area contributed by atoms with Gasteiger partial charge in [0.05, 0.1) is 6.26 Å². The van der Waals surface area contributed by atoms with Crippen molar-refractivity contribution in [1.29, 1.82) is 0 Å². The molecule has 0 atom stereocenters. The number of hydrogen-bond acceptors (Lipinski definition) is 3. The summed E-state index contributed by atoms with van der Waals surface area (Å²) >= 11 is 0. The zero-order chi connectivity index (χ0) is 15.5. The van der Waals surface area contributed by atoms with E-state index in [2.05, 4.69) is 4.72 Å². The number of carbonyl (C=O) groups is 1. The topological polar surface area (TPSA) is 66.5 Å². The smallest absolute Gasteiger partial charge is 0.229 e. The highest BCUT2D eigenvalue weighted by Gasteiger charge is 2.24. The van der Waals surface area contributed by atoms with Crippen LogP contribution in [0.5, 0.6) is 0 Å². The van der Waals surface area contributed by atoms with Crippen LogP contribution in [0.15, 0.2) is 24.3 Å².